The molecule has 1 aliphatic rings. The van der Waals surface area contributed by atoms with E-state index in [9.17, 15) is 4.79 Å². The lowest BCUT2D eigenvalue weighted by Crippen LogP contribution is -2.29. The third-order valence-corrected chi connectivity index (χ3v) is 6.67. The maximum Gasteiger partial charge on any atom is 0.212 e. The number of ether oxygens (including phenoxy) is 2. The van der Waals surface area contributed by atoms with Gasteiger partial charge in [-0.05, 0) is 50.4 Å². The number of carbonyl (C=O) groups is 1. The van der Waals surface area contributed by atoms with Crippen LogP contribution in [0, 0.1) is 12.8 Å². The van der Waals surface area contributed by atoms with Gasteiger partial charge in [-0.15, -0.1) is 11.3 Å². The van der Waals surface area contributed by atoms with E-state index in [4.69, 9.17) is 9.47 Å². The van der Waals surface area contributed by atoms with Crippen molar-refractivity contribution in [3.63, 3.8) is 0 Å². The van der Waals surface area contributed by atoms with Crippen LogP contribution in [0.4, 0.5) is 0 Å². The third kappa shape index (κ3) is 4.52. The summed E-state index contributed by atoms with van der Waals surface area (Å²) in [5.74, 6) is 1.23. The number of nitrogens with one attached hydrogen (secondary N) is 1. The van der Waals surface area contributed by atoms with Crippen LogP contribution in [0.15, 0.2) is 30.5 Å². The molecule has 0 radical (unpaired) electrons. The maximum absolute atomic E-state index is 12.8. The monoisotopic (exact) mass is 413 g/mol. The topological polar surface area (TPSA) is 65.4 Å². The van der Waals surface area contributed by atoms with Crippen molar-refractivity contribution in [3.05, 3.63) is 46.6 Å². The first-order chi connectivity index (χ1) is 14.2. The number of rotatable bonds is 8. The molecule has 1 N–H and O–H groups in total. The van der Waals surface area contributed by atoms with Crippen molar-refractivity contribution in [1.82, 2.24) is 14.9 Å². The van der Waals surface area contributed by atoms with Crippen LogP contribution in [-0.4, -0.2) is 48.7 Å². The Morgan fingerprint density at radius 3 is 2.90 bits per heavy atom. The Morgan fingerprint density at radius 1 is 1.34 bits per heavy atom. The Kier molecular flexibility index (Phi) is 6.28. The zero-order valence-electron chi connectivity index (χ0n) is 16.9. The molecule has 7 heteroatoms. The number of nitrogens with zero attached hydrogens (tertiary/aromatic N) is 2. The average molecular weight is 414 g/mol. The predicted octanol–water partition coefficient (Wildman–Crippen LogP) is 3.66. The largest absolute Gasteiger partial charge is 0.481 e. The number of carbonyl (C=O) groups excluding carboxylic acids is 1. The van der Waals surface area contributed by atoms with Crippen molar-refractivity contribution in [2.45, 2.75) is 26.3 Å². The molecule has 4 heterocycles. The van der Waals surface area contributed by atoms with Gasteiger partial charge in [-0.2, -0.15) is 0 Å². The van der Waals surface area contributed by atoms with E-state index in [2.05, 4.69) is 27.9 Å². The fraction of sp³-hybridized carbons (Fsp3) is 0.455. The molecular formula is C22H27N3O3S. The van der Waals surface area contributed by atoms with Crippen LogP contribution in [0.5, 0.6) is 5.88 Å². The second-order valence-corrected chi connectivity index (χ2v) is 8.52. The smallest absolute Gasteiger partial charge is 0.212 e. The Morgan fingerprint density at radius 2 is 2.17 bits per heavy atom. The first kappa shape index (κ1) is 20.1. The fourth-order valence-electron chi connectivity index (χ4n) is 3.79. The molecule has 0 bridgehead atoms. The Bertz CT molecular complexity index is 971. The van der Waals surface area contributed by atoms with Crippen molar-refractivity contribution >= 4 is 27.3 Å². The summed E-state index contributed by atoms with van der Waals surface area (Å²) in [7, 11) is 1.56. The van der Waals surface area contributed by atoms with Crippen LogP contribution in [0.1, 0.15) is 33.8 Å². The number of hydrogen-bond acceptors (Lipinski definition) is 6. The number of aryl methyl sites for hydroxylation is 1. The Balaban J connectivity index is 1.42. The van der Waals surface area contributed by atoms with Crippen molar-refractivity contribution in [3.8, 4) is 5.88 Å². The summed E-state index contributed by atoms with van der Waals surface area (Å²) in [6.45, 7) is 6.77. The molecule has 0 saturated carbocycles. The van der Waals surface area contributed by atoms with E-state index in [0.717, 1.165) is 66.7 Å². The standard InChI is InChI=1S/C22H27N3O3S/c1-15-11-18-12-19(21(26)17-3-4-20(27-2)24-14-17)29-22(18)25(15)8-7-23-13-16-5-9-28-10-6-16/h3-4,11-12,14,16,23H,5-10,13H2,1-2H3. The number of thiophene rings is 1. The summed E-state index contributed by atoms with van der Waals surface area (Å²) in [6.07, 6.45) is 3.87. The van der Waals surface area contributed by atoms with E-state index >= 15 is 0 Å². The molecule has 1 fully saturated rings. The number of pyridine rings is 1. The second-order valence-electron chi connectivity index (χ2n) is 7.49. The first-order valence-corrected chi connectivity index (χ1v) is 10.9. The van der Waals surface area contributed by atoms with Crippen molar-refractivity contribution in [2.24, 2.45) is 5.92 Å². The highest BCUT2D eigenvalue weighted by Gasteiger charge is 2.17. The van der Waals surface area contributed by atoms with Crippen LogP contribution < -0.4 is 10.1 Å². The molecule has 0 aliphatic carbocycles. The molecule has 154 valence electrons. The highest BCUT2D eigenvalue weighted by Crippen LogP contribution is 2.30. The summed E-state index contributed by atoms with van der Waals surface area (Å²) in [6, 6.07) is 7.63. The van der Waals surface area contributed by atoms with E-state index in [-0.39, 0.29) is 5.78 Å². The quantitative estimate of drug-likeness (QED) is 0.451. The van der Waals surface area contributed by atoms with Gasteiger partial charge in [0.1, 0.15) is 4.83 Å². The summed E-state index contributed by atoms with van der Waals surface area (Å²) in [4.78, 5) is 18.9. The van der Waals surface area contributed by atoms with E-state index in [0.29, 0.717) is 11.4 Å². The molecule has 29 heavy (non-hydrogen) atoms. The van der Waals surface area contributed by atoms with Crippen LogP contribution in [0.25, 0.3) is 10.2 Å². The zero-order valence-corrected chi connectivity index (χ0v) is 17.8. The van der Waals surface area contributed by atoms with Gasteiger partial charge in [-0.3, -0.25) is 4.79 Å². The van der Waals surface area contributed by atoms with E-state index in [1.165, 1.54) is 5.69 Å². The fourth-order valence-corrected chi connectivity index (χ4v) is 4.97. The van der Waals surface area contributed by atoms with E-state index in [1.54, 1.807) is 36.8 Å². The van der Waals surface area contributed by atoms with Gasteiger partial charge in [0.25, 0.3) is 0 Å². The number of aromatic nitrogens is 2. The normalized spacial score (nSPS) is 15.1. The summed E-state index contributed by atoms with van der Waals surface area (Å²) < 4.78 is 12.8. The number of ketones is 1. The van der Waals surface area contributed by atoms with Gasteiger partial charge in [-0.1, -0.05) is 0 Å². The third-order valence-electron chi connectivity index (χ3n) is 5.49. The molecule has 1 aliphatic heterocycles. The Hall–Kier alpha value is -2.22. The lowest BCUT2D eigenvalue weighted by atomic mass is 10.0. The van der Waals surface area contributed by atoms with Crippen LogP contribution in [0.3, 0.4) is 0 Å². The second kappa shape index (κ2) is 9.07. The van der Waals surface area contributed by atoms with E-state index < -0.39 is 0 Å². The molecule has 0 amide bonds. The highest BCUT2D eigenvalue weighted by molar-refractivity contribution is 7.20. The minimum absolute atomic E-state index is 0.00296. The Labute approximate surface area is 174 Å². The highest BCUT2D eigenvalue weighted by atomic mass is 32.1. The SMILES string of the molecule is COc1ccc(C(=O)c2cc3cc(C)n(CCNCC4CCOCC4)c3s2)cn1. The summed E-state index contributed by atoms with van der Waals surface area (Å²) in [5, 5.41) is 4.72. The lowest BCUT2D eigenvalue weighted by Gasteiger charge is -2.22. The van der Waals surface area contributed by atoms with Crippen molar-refractivity contribution in [2.75, 3.05) is 33.4 Å². The maximum atomic E-state index is 12.8. The van der Waals surface area contributed by atoms with E-state index in [1.807, 2.05) is 6.07 Å². The average Bonchev–Trinajstić information content (AvgIpc) is 3.29. The molecule has 6 nitrogen and oxygen atoms in total. The first-order valence-electron chi connectivity index (χ1n) is 10.1. The van der Waals surface area contributed by atoms with Crippen molar-refractivity contribution in [1.29, 1.82) is 0 Å². The lowest BCUT2D eigenvalue weighted by molar-refractivity contribution is 0.0663. The molecule has 0 spiro atoms. The van der Waals surface area contributed by atoms with Crippen LogP contribution in [-0.2, 0) is 11.3 Å². The van der Waals surface area contributed by atoms with Gasteiger partial charge in [0, 0.05) is 55.2 Å². The van der Waals surface area contributed by atoms with Crippen LogP contribution >= 0.6 is 11.3 Å². The van der Waals surface area contributed by atoms with Gasteiger partial charge in [-0.25, -0.2) is 4.98 Å². The van der Waals surface area contributed by atoms with Gasteiger partial charge >= 0.3 is 0 Å². The molecule has 0 aromatic carbocycles. The van der Waals surface area contributed by atoms with Crippen LogP contribution in [0.2, 0.25) is 0 Å². The van der Waals surface area contributed by atoms with Gasteiger partial charge in [0.2, 0.25) is 11.7 Å². The zero-order chi connectivity index (χ0) is 20.2. The predicted molar refractivity (Wildman–Crippen MR) is 115 cm³/mol. The minimum Gasteiger partial charge on any atom is -0.481 e. The number of hydrogen-bond donors (Lipinski definition) is 1. The van der Waals surface area contributed by atoms with Gasteiger partial charge in [0.05, 0.1) is 12.0 Å². The molecule has 0 unspecified atom stereocenters. The number of methoxy groups -OCH3 is 1. The van der Waals surface area contributed by atoms with Gasteiger partial charge in [0.15, 0.2) is 0 Å². The summed E-state index contributed by atoms with van der Waals surface area (Å²) in [5.41, 5.74) is 1.81. The van der Waals surface area contributed by atoms with Crippen molar-refractivity contribution < 1.29 is 14.3 Å². The molecule has 1 saturated heterocycles. The van der Waals surface area contributed by atoms with Gasteiger partial charge < -0.3 is 19.4 Å². The molecule has 3 aromatic rings. The molecule has 0 atom stereocenters. The molecule has 3 aromatic heterocycles. The number of fused-ring (bicyclic) bond motifs is 1. The molecular weight excluding hydrogens is 386 g/mol. The summed E-state index contributed by atoms with van der Waals surface area (Å²) >= 11 is 1.55. The molecule has 4 rings (SSSR count). The minimum atomic E-state index is 0.00296.